The summed E-state index contributed by atoms with van der Waals surface area (Å²) in [6.07, 6.45) is 1.05. The first-order valence-corrected chi connectivity index (χ1v) is 7.04. The quantitative estimate of drug-likeness (QED) is 0.740. The summed E-state index contributed by atoms with van der Waals surface area (Å²) < 4.78 is 0. The van der Waals surface area contributed by atoms with Crippen LogP contribution in [0.5, 0.6) is 0 Å². The Labute approximate surface area is 107 Å². The number of nitrogens with zero attached hydrogens (tertiary/aromatic N) is 2. The number of carbonyl (C=O) groups is 2. The van der Waals surface area contributed by atoms with E-state index in [9.17, 15) is 9.59 Å². The summed E-state index contributed by atoms with van der Waals surface area (Å²) in [6.45, 7) is 4.63. The molecule has 1 aliphatic rings. The monoisotopic (exact) mass is 259 g/mol. The van der Waals surface area contributed by atoms with Gasteiger partial charge in [-0.15, -0.1) is 11.8 Å². The Bertz CT molecular complexity index is 286. The van der Waals surface area contributed by atoms with Gasteiger partial charge in [-0.05, 0) is 13.5 Å². The molecule has 1 rings (SSSR count). The molecule has 1 saturated heterocycles. The van der Waals surface area contributed by atoms with E-state index >= 15 is 0 Å². The zero-order valence-electron chi connectivity index (χ0n) is 10.5. The average Bonchev–Trinajstić information content (AvgIpc) is 2.29. The molecule has 98 valence electrons. The van der Waals surface area contributed by atoms with Gasteiger partial charge in [0.2, 0.25) is 11.8 Å². The van der Waals surface area contributed by atoms with Gasteiger partial charge in [0, 0.05) is 25.7 Å². The fourth-order valence-electron chi connectivity index (χ4n) is 1.94. The molecule has 0 aromatic carbocycles. The summed E-state index contributed by atoms with van der Waals surface area (Å²) in [6, 6.07) is 0.453. The van der Waals surface area contributed by atoms with E-state index in [2.05, 4.69) is 18.9 Å². The minimum absolute atomic E-state index is 0.114. The van der Waals surface area contributed by atoms with Crippen LogP contribution in [0.3, 0.4) is 0 Å². The van der Waals surface area contributed by atoms with E-state index in [1.54, 1.807) is 0 Å². The lowest BCUT2D eigenvalue weighted by Crippen LogP contribution is -2.53. The van der Waals surface area contributed by atoms with Crippen LogP contribution in [-0.4, -0.2) is 65.8 Å². The van der Waals surface area contributed by atoms with Crippen molar-refractivity contribution in [3.63, 3.8) is 0 Å². The zero-order valence-corrected chi connectivity index (χ0v) is 11.3. The summed E-state index contributed by atoms with van der Waals surface area (Å²) in [5.41, 5.74) is 5.03. The topological polar surface area (TPSA) is 66.6 Å². The lowest BCUT2D eigenvalue weighted by molar-refractivity contribution is -0.131. The largest absolute Gasteiger partial charge is 0.369 e. The number of carbonyl (C=O) groups excluding carboxylic acids is 2. The molecule has 17 heavy (non-hydrogen) atoms. The molecule has 1 aliphatic heterocycles. The van der Waals surface area contributed by atoms with Crippen molar-refractivity contribution in [2.24, 2.45) is 5.73 Å². The Morgan fingerprint density at radius 2 is 2.06 bits per heavy atom. The Morgan fingerprint density at radius 1 is 1.35 bits per heavy atom. The summed E-state index contributed by atoms with van der Waals surface area (Å²) in [4.78, 5) is 26.6. The van der Waals surface area contributed by atoms with Crippen LogP contribution in [0.1, 0.15) is 13.3 Å². The van der Waals surface area contributed by atoms with Gasteiger partial charge in [0.1, 0.15) is 0 Å². The third-order valence-corrected chi connectivity index (χ3v) is 4.01. The molecular formula is C11H21N3O2S. The van der Waals surface area contributed by atoms with Crippen LogP contribution >= 0.6 is 11.8 Å². The highest BCUT2D eigenvalue weighted by Gasteiger charge is 2.25. The highest BCUT2D eigenvalue weighted by molar-refractivity contribution is 8.00. The van der Waals surface area contributed by atoms with Crippen molar-refractivity contribution in [1.29, 1.82) is 0 Å². The smallest absolute Gasteiger partial charge is 0.232 e. The maximum Gasteiger partial charge on any atom is 0.232 e. The van der Waals surface area contributed by atoms with Crippen LogP contribution in [0, 0.1) is 0 Å². The molecule has 0 aliphatic carbocycles. The Kier molecular flexibility index (Phi) is 5.77. The molecule has 2 amide bonds. The van der Waals surface area contributed by atoms with Crippen molar-refractivity contribution in [2.45, 2.75) is 19.4 Å². The van der Waals surface area contributed by atoms with Gasteiger partial charge in [-0.3, -0.25) is 14.5 Å². The number of amides is 2. The van der Waals surface area contributed by atoms with E-state index < -0.39 is 0 Å². The Morgan fingerprint density at radius 3 is 2.65 bits per heavy atom. The van der Waals surface area contributed by atoms with Crippen LogP contribution < -0.4 is 5.73 Å². The normalized spacial score (nSPS) is 21.5. The molecule has 2 N–H and O–H groups in total. The predicted molar refractivity (Wildman–Crippen MR) is 69.8 cm³/mol. The second-order valence-corrected chi connectivity index (χ2v) is 5.33. The van der Waals surface area contributed by atoms with Gasteiger partial charge in [0.15, 0.2) is 0 Å². The molecule has 0 saturated carbocycles. The van der Waals surface area contributed by atoms with Gasteiger partial charge in [-0.25, -0.2) is 0 Å². The van der Waals surface area contributed by atoms with E-state index in [0.717, 1.165) is 26.1 Å². The van der Waals surface area contributed by atoms with Crippen molar-refractivity contribution in [2.75, 3.05) is 38.2 Å². The molecule has 1 atom stereocenters. The van der Waals surface area contributed by atoms with Crippen molar-refractivity contribution >= 4 is 23.6 Å². The number of nitrogens with two attached hydrogens (primary N) is 1. The number of thioether (sulfide) groups is 1. The molecule has 5 nitrogen and oxygen atoms in total. The number of rotatable bonds is 5. The number of piperazine rings is 1. The molecule has 6 heteroatoms. The van der Waals surface area contributed by atoms with Crippen molar-refractivity contribution < 1.29 is 9.59 Å². The second-order valence-electron chi connectivity index (χ2n) is 4.34. The minimum atomic E-state index is -0.368. The number of hydrogen-bond acceptors (Lipinski definition) is 4. The van der Waals surface area contributed by atoms with E-state index in [0.29, 0.717) is 11.8 Å². The van der Waals surface area contributed by atoms with Gasteiger partial charge in [0.25, 0.3) is 0 Å². The third-order valence-electron chi connectivity index (χ3n) is 3.07. The van der Waals surface area contributed by atoms with Crippen molar-refractivity contribution in [3.05, 3.63) is 0 Å². The zero-order chi connectivity index (χ0) is 12.8. The average molecular weight is 259 g/mol. The Balaban J connectivity index is 2.34. The predicted octanol–water partition coefficient (Wildman–Crippen LogP) is -0.242. The lowest BCUT2D eigenvalue weighted by Gasteiger charge is -2.39. The minimum Gasteiger partial charge on any atom is -0.369 e. The Hall–Kier alpha value is -0.750. The molecule has 0 radical (unpaired) electrons. The summed E-state index contributed by atoms with van der Waals surface area (Å²) in [5.74, 6) is 0.315. The van der Waals surface area contributed by atoms with Gasteiger partial charge >= 0.3 is 0 Å². The summed E-state index contributed by atoms with van der Waals surface area (Å²) >= 11 is 1.29. The molecule has 0 aromatic rings. The molecule has 1 fully saturated rings. The van der Waals surface area contributed by atoms with Crippen LogP contribution in [0.4, 0.5) is 0 Å². The second kappa shape index (κ2) is 6.86. The molecular weight excluding hydrogens is 238 g/mol. The highest BCUT2D eigenvalue weighted by atomic mass is 32.2. The lowest BCUT2D eigenvalue weighted by atomic mass is 10.1. The molecule has 0 spiro atoms. The van der Waals surface area contributed by atoms with E-state index in [1.807, 2.05) is 4.90 Å². The van der Waals surface area contributed by atoms with Crippen LogP contribution in [-0.2, 0) is 9.59 Å². The van der Waals surface area contributed by atoms with E-state index in [1.165, 1.54) is 11.8 Å². The van der Waals surface area contributed by atoms with Gasteiger partial charge in [-0.2, -0.15) is 0 Å². The molecule has 0 aromatic heterocycles. The molecule has 1 unspecified atom stereocenters. The fourth-order valence-corrected chi connectivity index (χ4v) is 2.60. The van der Waals surface area contributed by atoms with E-state index in [-0.39, 0.29) is 17.6 Å². The van der Waals surface area contributed by atoms with Crippen LogP contribution in [0.15, 0.2) is 0 Å². The third kappa shape index (κ3) is 4.55. The van der Waals surface area contributed by atoms with Crippen molar-refractivity contribution in [3.8, 4) is 0 Å². The van der Waals surface area contributed by atoms with Crippen LogP contribution in [0.25, 0.3) is 0 Å². The number of hydrogen-bond donors (Lipinski definition) is 1. The van der Waals surface area contributed by atoms with E-state index in [4.69, 9.17) is 5.73 Å². The first kappa shape index (κ1) is 14.3. The SMILES string of the molecule is CCC1CN(C(=O)CSCC(N)=O)CCN1C. The standard InChI is InChI=1S/C11H21N3O2S/c1-3-9-6-14(5-4-13(9)2)11(16)8-17-7-10(12)15/h9H,3-8H2,1-2H3,(H2,12,15). The summed E-state index contributed by atoms with van der Waals surface area (Å²) in [7, 11) is 2.10. The first-order chi connectivity index (χ1) is 8.04. The number of primary amides is 1. The fraction of sp³-hybridized carbons (Fsp3) is 0.818. The van der Waals surface area contributed by atoms with Gasteiger partial charge in [-0.1, -0.05) is 6.92 Å². The van der Waals surface area contributed by atoms with Crippen LogP contribution in [0.2, 0.25) is 0 Å². The highest BCUT2D eigenvalue weighted by Crippen LogP contribution is 2.12. The maximum atomic E-state index is 11.9. The van der Waals surface area contributed by atoms with Crippen molar-refractivity contribution in [1.82, 2.24) is 9.80 Å². The first-order valence-electron chi connectivity index (χ1n) is 5.88. The van der Waals surface area contributed by atoms with Gasteiger partial charge < -0.3 is 10.6 Å². The maximum absolute atomic E-state index is 11.9. The molecule has 0 bridgehead atoms. The molecule has 1 heterocycles. The van der Waals surface area contributed by atoms with Gasteiger partial charge in [0.05, 0.1) is 11.5 Å². The number of likely N-dealkylation sites (N-methyl/N-ethyl adjacent to an activating group) is 1. The summed E-state index contributed by atoms with van der Waals surface area (Å²) in [5, 5.41) is 0.